The summed E-state index contributed by atoms with van der Waals surface area (Å²) in [6.07, 6.45) is 0.633. The lowest BCUT2D eigenvalue weighted by Crippen LogP contribution is -2.45. The highest BCUT2D eigenvalue weighted by Gasteiger charge is 2.25. The molecule has 0 radical (unpaired) electrons. The minimum atomic E-state index is -1.07. The summed E-state index contributed by atoms with van der Waals surface area (Å²) in [7, 11) is 0. The number of hydrogen-bond acceptors (Lipinski definition) is 3. The van der Waals surface area contributed by atoms with Gasteiger partial charge < -0.3 is 21.1 Å². The minimum Gasteiger partial charge on any atom is -0.480 e. The molecule has 0 saturated heterocycles. The van der Waals surface area contributed by atoms with Gasteiger partial charge in [-0.05, 0) is 38.0 Å². The van der Waals surface area contributed by atoms with Gasteiger partial charge in [0.1, 0.15) is 6.04 Å². The normalized spacial score (nSPS) is 13.0. The van der Waals surface area contributed by atoms with E-state index in [1.54, 1.807) is 25.1 Å². The van der Waals surface area contributed by atoms with Gasteiger partial charge in [0.15, 0.2) is 0 Å². The summed E-state index contributed by atoms with van der Waals surface area (Å²) in [5.41, 5.74) is 0.739. The molecule has 24 heavy (non-hydrogen) atoms. The van der Waals surface area contributed by atoms with Crippen molar-refractivity contribution in [2.45, 2.75) is 46.2 Å². The van der Waals surface area contributed by atoms with Crippen LogP contribution < -0.4 is 16.0 Å². The number of hydrogen-bond donors (Lipinski definition) is 4. The van der Waals surface area contributed by atoms with Crippen LogP contribution in [0.15, 0.2) is 24.3 Å². The smallest absolute Gasteiger partial charge is 0.326 e. The van der Waals surface area contributed by atoms with Crippen molar-refractivity contribution < 1.29 is 19.5 Å². The van der Waals surface area contributed by atoms with Gasteiger partial charge in [-0.15, -0.1) is 0 Å². The molecule has 0 bridgehead atoms. The van der Waals surface area contributed by atoms with Crippen molar-refractivity contribution in [3.63, 3.8) is 0 Å². The number of carboxylic acid groups (broad SMARTS) is 1. The molecule has 1 aromatic rings. The van der Waals surface area contributed by atoms with Crippen molar-refractivity contribution in [1.29, 1.82) is 0 Å². The number of amides is 3. The van der Waals surface area contributed by atoms with Crippen molar-refractivity contribution in [2.75, 3.05) is 5.32 Å². The third-order valence-corrected chi connectivity index (χ3v) is 3.57. The van der Waals surface area contributed by atoms with Gasteiger partial charge in [0.05, 0.1) is 0 Å². The van der Waals surface area contributed by atoms with Crippen molar-refractivity contribution in [2.24, 2.45) is 5.92 Å². The molecule has 3 amide bonds. The van der Waals surface area contributed by atoms with E-state index in [1.807, 2.05) is 20.8 Å². The Morgan fingerprint density at radius 3 is 2.33 bits per heavy atom. The third-order valence-electron chi connectivity index (χ3n) is 3.57. The quantitative estimate of drug-likeness (QED) is 0.614. The summed E-state index contributed by atoms with van der Waals surface area (Å²) in [6.45, 7) is 7.31. The molecule has 2 atom stereocenters. The van der Waals surface area contributed by atoms with Crippen LogP contribution in [0.1, 0.15) is 44.5 Å². The van der Waals surface area contributed by atoms with E-state index in [4.69, 9.17) is 0 Å². The summed E-state index contributed by atoms with van der Waals surface area (Å²) in [4.78, 5) is 35.3. The summed E-state index contributed by atoms with van der Waals surface area (Å²) in [5, 5.41) is 17.1. The molecule has 0 saturated carbocycles. The van der Waals surface area contributed by atoms with E-state index in [-0.39, 0.29) is 23.6 Å². The number of anilines is 1. The van der Waals surface area contributed by atoms with Gasteiger partial charge in [-0.1, -0.05) is 26.3 Å². The predicted molar refractivity (Wildman–Crippen MR) is 92.1 cm³/mol. The second-order valence-corrected chi connectivity index (χ2v) is 6.01. The van der Waals surface area contributed by atoms with E-state index in [9.17, 15) is 19.5 Å². The first kappa shape index (κ1) is 19.5. The fourth-order valence-electron chi connectivity index (χ4n) is 2.08. The topological polar surface area (TPSA) is 108 Å². The lowest BCUT2D eigenvalue weighted by molar-refractivity contribution is -0.140. The molecule has 0 heterocycles. The highest BCUT2D eigenvalue weighted by Crippen LogP contribution is 2.13. The third kappa shape index (κ3) is 5.91. The molecule has 0 aliphatic rings. The van der Waals surface area contributed by atoms with Gasteiger partial charge in [-0.3, -0.25) is 4.79 Å². The highest BCUT2D eigenvalue weighted by atomic mass is 16.4. The number of carboxylic acids is 1. The number of benzene rings is 1. The fraction of sp³-hybridized carbons (Fsp3) is 0.471. The molecule has 4 N–H and O–H groups in total. The van der Waals surface area contributed by atoms with Crippen LogP contribution in [0.3, 0.4) is 0 Å². The molecule has 132 valence electrons. The minimum absolute atomic E-state index is 0.0108. The maximum absolute atomic E-state index is 12.3. The van der Waals surface area contributed by atoms with Gasteiger partial charge >= 0.3 is 12.0 Å². The number of carbonyl (C=O) groups excluding carboxylic acids is 2. The first-order valence-electron chi connectivity index (χ1n) is 7.95. The molecular weight excluding hydrogens is 310 g/mol. The van der Waals surface area contributed by atoms with Gasteiger partial charge in [-0.25, -0.2) is 9.59 Å². The first-order chi connectivity index (χ1) is 11.2. The average Bonchev–Trinajstić information content (AvgIpc) is 2.50. The molecule has 0 aliphatic heterocycles. The second kappa shape index (κ2) is 8.90. The maximum atomic E-state index is 12.3. The highest BCUT2D eigenvalue weighted by molar-refractivity contribution is 5.98. The Labute approximate surface area is 141 Å². The molecule has 7 heteroatoms. The molecule has 2 unspecified atom stereocenters. The van der Waals surface area contributed by atoms with E-state index in [0.29, 0.717) is 12.1 Å². The summed E-state index contributed by atoms with van der Waals surface area (Å²) < 4.78 is 0. The number of urea groups is 1. The molecule has 0 fully saturated rings. The second-order valence-electron chi connectivity index (χ2n) is 6.01. The van der Waals surface area contributed by atoms with Crippen molar-refractivity contribution in [3.05, 3.63) is 29.8 Å². The molecule has 0 spiro atoms. The molecule has 1 aromatic carbocycles. The Kier molecular flexibility index (Phi) is 7.23. The number of aliphatic carboxylic acids is 1. The van der Waals surface area contributed by atoms with E-state index < -0.39 is 17.9 Å². The molecule has 0 aliphatic carbocycles. The van der Waals surface area contributed by atoms with Crippen LogP contribution in [0.5, 0.6) is 0 Å². The first-order valence-corrected chi connectivity index (χ1v) is 7.95. The van der Waals surface area contributed by atoms with Crippen molar-refractivity contribution in [1.82, 2.24) is 10.6 Å². The van der Waals surface area contributed by atoms with E-state index in [0.717, 1.165) is 0 Å². The zero-order chi connectivity index (χ0) is 18.3. The largest absolute Gasteiger partial charge is 0.480 e. The Morgan fingerprint density at radius 1 is 1.12 bits per heavy atom. The Morgan fingerprint density at radius 2 is 1.79 bits per heavy atom. The van der Waals surface area contributed by atoms with Crippen molar-refractivity contribution in [3.8, 4) is 0 Å². The maximum Gasteiger partial charge on any atom is 0.326 e. The van der Waals surface area contributed by atoms with Crippen LogP contribution in [-0.2, 0) is 4.79 Å². The van der Waals surface area contributed by atoms with E-state index in [1.165, 1.54) is 6.07 Å². The SMILES string of the molecule is CCC(C)C(NC(=O)c1cccc(NC(=O)NC(C)C)c1)C(=O)O. The van der Waals surface area contributed by atoms with Gasteiger partial charge in [0.2, 0.25) is 0 Å². The Balaban J connectivity index is 2.83. The number of carbonyl (C=O) groups is 3. The zero-order valence-electron chi connectivity index (χ0n) is 14.4. The lowest BCUT2D eigenvalue weighted by atomic mass is 9.99. The Hall–Kier alpha value is -2.57. The van der Waals surface area contributed by atoms with Gasteiger partial charge in [-0.2, -0.15) is 0 Å². The molecule has 1 rings (SSSR count). The monoisotopic (exact) mass is 335 g/mol. The zero-order valence-corrected chi connectivity index (χ0v) is 14.4. The van der Waals surface area contributed by atoms with Crippen LogP contribution in [0.4, 0.5) is 10.5 Å². The van der Waals surface area contributed by atoms with Gasteiger partial charge in [0, 0.05) is 17.3 Å². The summed E-state index contributed by atoms with van der Waals surface area (Å²) >= 11 is 0. The van der Waals surface area contributed by atoms with Gasteiger partial charge in [0.25, 0.3) is 5.91 Å². The van der Waals surface area contributed by atoms with Crippen LogP contribution >= 0.6 is 0 Å². The number of rotatable bonds is 7. The molecule has 7 nitrogen and oxygen atoms in total. The van der Waals surface area contributed by atoms with Crippen LogP contribution in [0.25, 0.3) is 0 Å². The van der Waals surface area contributed by atoms with Crippen LogP contribution in [-0.4, -0.2) is 35.1 Å². The predicted octanol–water partition coefficient (Wildman–Crippen LogP) is 2.45. The lowest BCUT2D eigenvalue weighted by Gasteiger charge is -2.20. The van der Waals surface area contributed by atoms with E-state index >= 15 is 0 Å². The van der Waals surface area contributed by atoms with Crippen LogP contribution in [0, 0.1) is 5.92 Å². The Bertz CT molecular complexity index is 601. The fourth-order valence-corrected chi connectivity index (χ4v) is 2.08. The summed E-state index contributed by atoms with van der Waals surface area (Å²) in [6, 6.07) is 5.01. The van der Waals surface area contributed by atoms with Crippen LogP contribution in [0.2, 0.25) is 0 Å². The summed E-state index contributed by atoms with van der Waals surface area (Å²) in [5.74, 6) is -1.75. The molecule has 0 aromatic heterocycles. The standard InChI is InChI=1S/C17H25N3O4/c1-5-11(4)14(16(22)23)20-15(21)12-7-6-8-13(9-12)19-17(24)18-10(2)3/h6-11,14H,5H2,1-4H3,(H,20,21)(H,22,23)(H2,18,19,24). The van der Waals surface area contributed by atoms with Crippen molar-refractivity contribution >= 4 is 23.6 Å². The number of nitrogens with one attached hydrogen (secondary N) is 3. The van der Waals surface area contributed by atoms with E-state index in [2.05, 4.69) is 16.0 Å². The average molecular weight is 335 g/mol. The molecular formula is C17H25N3O4.